The van der Waals surface area contributed by atoms with E-state index in [1.165, 1.54) is 0 Å². The van der Waals surface area contributed by atoms with E-state index < -0.39 is 29.3 Å². The minimum atomic E-state index is -1.27. The van der Waals surface area contributed by atoms with Gasteiger partial charge < -0.3 is 26.2 Å². The Morgan fingerprint density at radius 3 is 2.69 bits per heavy atom. The van der Waals surface area contributed by atoms with Gasteiger partial charge in [-0.05, 0) is 38.2 Å². The third-order valence-corrected chi connectivity index (χ3v) is 5.55. The standard InChI is InChI=1S/C21H25N5O6/c1-21(19(32)24-13(18(30)31)4-5-14(27)28)8-6-11(7-9-21)2-3-12-10-23-16-15(12)17(29)26-20(22)25-16/h6-8,10,13H,2-5,9H2,1H3,(H,24,32)(H,27,28)(H,30,31)(H4,22,23,25,26,29). The van der Waals surface area contributed by atoms with Gasteiger partial charge in [0.1, 0.15) is 11.7 Å². The number of hydrogen-bond acceptors (Lipinski definition) is 6. The molecular formula is C21H25N5O6. The van der Waals surface area contributed by atoms with Crippen LogP contribution >= 0.6 is 0 Å². The summed E-state index contributed by atoms with van der Waals surface area (Å²) < 4.78 is 0. The molecule has 0 aliphatic heterocycles. The highest BCUT2D eigenvalue weighted by Crippen LogP contribution is 2.31. The Balaban J connectivity index is 1.62. The molecule has 0 radical (unpaired) electrons. The first-order chi connectivity index (χ1) is 15.1. The van der Waals surface area contributed by atoms with Crippen molar-refractivity contribution in [3.63, 3.8) is 0 Å². The average Bonchev–Trinajstić information content (AvgIpc) is 3.13. The number of nitrogen functional groups attached to an aromatic ring is 1. The highest BCUT2D eigenvalue weighted by atomic mass is 16.4. The van der Waals surface area contributed by atoms with Crippen molar-refractivity contribution in [3.05, 3.63) is 45.9 Å². The van der Waals surface area contributed by atoms with Crippen LogP contribution in [-0.2, 0) is 20.8 Å². The van der Waals surface area contributed by atoms with Crippen molar-refractivity contribution >= 4 is 34.8 Å². The number of carbonyl (C=O) groups excluding carboxylic acids is 1. The molecule has 0 saturated carbocycles. The molecule has 170 valence electrons. The number of allylic oxidation sites excluding steroid dienone is 3. The Labute approximate surface area is 182 Å². The van der Waals surface area contributed by atoms with Crippen molar-refractivity contribution in [2.45, 2.75) is 45.1 Å². The second-order valence-electron chi connectivity index (χ2n) is 8.02. The first-order valence-electron chi connectivity index (χ1n) is 10.1. The lowest BCUT2D eigenvalue weighted by Gasteiger charge is -2.28. The molecular weight excluding hydrogens is 418 g/mol. The molecule has 1 aliphatic carbocycles. The van der Waals surface area contributed by atoms with Crippen molar-refractivity contribution < 1.29 is 24.6 Å². The first kappa shape index (κ1) is 22.8. The van der Waals surface area contributed by atoms with Crippen LogP contribution in [0.2, 0.25) is 0 Å². The molecule has 2 atom stereocenters. The Kier molecular flexibility index (Phi) is 6.47. The molecule has 1 aliphatic rings. The van der Waals surface area contributed by atoms with Gasteiger partial charge in [-0.25, -0.2) is 4.79 Å². The molecule has 11 nitrogen and oxygen atoms in total. The maximum Gasteiger partial charge on any atom is 0.326 e. The fourth-order valence-electron chi connectivity index (χ4n) is 3.57. The molecule has 7 N–H and O–H groups in total. The van der Waals surface area contributed by atoms with E-state index in [-0.39, 0.29) is 24.3 Å². The lowest BCUT2D eigenvalue weighted by atomic mass is 9.80. The average molecular weight is 443 g/mol. The van der Waals surface area contributed by atoms with Gasteiger partial charge in [-0.1, -0.05) is 23.8 Å². The van der Waals surface area contributed by atoms with E-state index in [0.717, 1.165) is 11.1 Å². The number of fused-ring (bicyclic) bond motifs is 1. The first-order valence-corrected chi connectivity index (χ1v) is 10.1. The largest absolute Gasteiger partial charge is 0.481 e. The molecule has 32 heavy (non-hydrogen) atoms. The molecule has 2 aromatic heterocycles. The number of aryl methyl sites for hydroxylation is 1. The van der Waals surface area contributed by atoms with Crippen LogP contribution in [0.15, 0.2) is 34.8 Å². The van der Waals surface area contributed by atoms with Crippen LogP contribution < -0.4 is 16.6 Å². The molecule has 3 rings (SSSR count). The molecule has 0 fully saturated rings. The minimum Gasteiger partial charge on any atom is -0.481 e. The number of rotatable bonds is 9. The van der Waals surface area contributed by atoms with Crippen molar-refractivity contribution in [1.29, 1.82) is 0 Å². The number of H-pyrrole nitrogens is 2. The third kappa shape index (κ3) is 5.05. The quantitative estimate of drug-likeness (QED) is 0.332. The van der Waals surface area contributed by atoms with E-state index in [1.54, 1.807) is 19.2 Å². The van der Waals surface area contributed by atoms with E-state index in [0.29, 0.717) is 30.3 Å². The Hall–Kier alpha value is -3.89. The van der Waals surface area contributed by atoms with Crippen LogP contribution in [0.3, 0.4) is 0 Å². The van der Waals surface area contributed by atoms with Gasteiger partial charge in [0.05, 0.1) is 10.8 Å². The van der Waals surface area contributed by atoms with Crippen molar-refractivity contribution in [2.75, 3.05) is 5.73 Å². The summed E-state index contributed by atoms with van der Waals surface area (Å²) in [6, 6.07) is -1.27. The number of hydrogen-bond donors (Lipinski definition) is 6. The number of aliphatic carboxylic acids is 2. The molecule has 11 heteroatoms. The number of amides is 1. The SMILES string of the molecule is CC1(C(=O)NC(CCC(=O)O)C(=O)O)C=CC(CCc2c[nH]c3nc(N)[nH]c(=O)c23)=CC1. The Bertz CT molecular complexity index is 1180. The monoisotopic (exact) mass is 443 g/mol. The highest BCUT2D eigenvalue weighted by Gasteiger charge is 2.34. The van der Waals surface area contributed by atoms with Crippen LogP contribution in [-0.4, -0.2) is 49.1 Å². The topological polar surface area (TPSA) is 191 Å². The minimum absolute atomic E-state index is 0.0412. The summed E-state index contributed by atoms with van der Waals surface area (Å²) in [5.41, 5.74) is 6.51. The molecule has 1 amide bonds. The van der Waals surface area contributed by atoms with Gasteiger partial charge in [0, 0.05) is 12.6 Å². The van der Waals surface area contributed by atoms with Gasteiger partial charge in [0.25, 0.3) is 5.56 Å². The predicted octanol–water partition coefficient (Wildman–Crippen LogP) is 1.09. The lowest BCUT2D eigenvalue weighted by Crippen LogP contribution is -2.47. The molecule has 2 unspecified atom stereocenters. The van der Waals surface area contributed by atoms with E-state index >= 15 is 0 Å². The zero-order valence-electron chi connectivity index (χ0n) is 17.5. The maximum atomic E-state index is 12.7. The molecule has 2 aromatic rings. The molecule has 2 heterocycles. The second-order valence-corrected chi connectivity index (χ2v) is 8.02. The summed E-state index contributed by atoms with van der Waals surface area (Å²) in [4.78, 5) is 56.4. The highest BCUT2D eigenvalue weighted by molar-refractivity contribution is 5.89. The van der Waals surface area contributed by atoms with Crippen molar-refractivity contribution in [1.82, 2.24) is 20.3 Å². The normalized spacial score (nSPS) is 18.8. The van der Waals surface area contributed by atoms with Gasteiger partial charge in [-0.2, -0.15) is 4.98 Å². The van der Waals surface area contributed by atoms with Gasteiger partial charge >= 0.3 is 11.9 Å². The Morgan fingerprint density at radius 2 is 2.06 bits per heavy atom. The molecule has 0 aromatic carbocycles. The number of nitrogens with one attached hydrogen (secondary N) is 3. The van der Waals surface area contributed by atoms with Gasteiger partial charge in [-0.15, -0.1) is 0 Å². The van der Waals surface area contributed by atoms with Gasteiger partial charge in [0.15, 0.2) is 0 Å². The number of aromatic nitrogens is 3. The van der Waals surface area contributed by atoms with Gasteiger partial charge in [0.2, 0.25) is 11.9 Å². The zero-order chi connectivity index (χ0) is 23.5. The predicted molar refractivity (Wildman–Crippen MR) is 116 cm³/mol. The molecule has 0 spiro atoms. The number of nitrogens with zero attached hydrogens (tertiary/aromatic N) is 1. The number of carbonyl (C=O) groups is 3. The van der Waals surface area contributed by atoms with E-state index in [1.807, 2.05) is 12.2 Å². The second kappa shape index (κ2) is 9.08. The lowest BCUT2D eigenvalue weighted by molar-refractivity contribution is -0.144. The number of anilines is 1. The summed E-state index contributed by atoms with van der Waals surface area (Å²) in [7, 11) is 0. The fourth-order valence-corrected chi connectivity index (χ4v) is 3.57. The summed E-state index contributed by atoms with van der Waals surface area (Å²) in [6.07, 6.45) is 8.17. The summed E-state index contributed by atoms with van der Waals surface area (Å²) in [5, 5.41) is 20.9. The van der Waals surface area contributed by atoms with Crippen LogP contribution in [0.5, 0.6) is 0 Å². The van der Waals surface area contributed by atoms with Crippen molar-refractivity contribution in [2.24, 2.45) is 5.41 Å². The fraction of sp³-hybridized carbons (Fsp3) is 0.381. The number of carboxylic acids is 2. The van der Waals surface area contributed by atoms with Gasteiger partial charge in [-0.3, -0.25) is 19.4 Å². The molecule has 0 saturated heterocycles. The van der Waals surface area contributed by atoms with Crippen LogP contribution in [0.25, 0.3) is 11.0 Å². The summed E-state index contributed by atoms with van der Waals surface area (Å²) in [6.45, 7) is 1.69. The number of nitrogens with two attached hydrogens (primary N) is 1. The van der Waals surface area contributed by atoms with E-state index in [4.69, 9.17) is 10.8 Å². The summed E-state index contributed by atoms with van der Waals surface area (Å²) >= 11 is 0. The van der Waals surface area contributed by atoms with Crippen LogP contribution in [0, 0.1) is 5.41 Å². The maximum absolute atomic E-state index is 12.7. The number of aromatic amines is 2. The zero-order valence-corrected chi connectivity index (χ0v) is 17.5. The third-order valence-electron chi connectivity index (χ3n) is 5.55. The van der Waals surface area contributed by atoms with Crippen LogP contribution in [0.4, 0.5) is 5.95 Å². The molecule has 0 bridgehead atoms. The van der Waals surface area contributed by atoms with Crippen LogP contribution in [0.1, 0.15) is 38.2 Å². The van der Waals surface area contributed by atoms with E-state index in [9.17, 15) is 24.3 Å². The number of carboxylic acid groups (broad SMARTS) is 2. The van der Waals surface area contributed by atoms with E-state index in [2.05, 4.69) is 20.3 Å². The summed E-state index contributed by atoms with van der Waals surface area (Å²) in [5.74, 6) is -2.84. The van der Waals surface area contributed by atoms with Crippen molar-refractivity contribution in [3.8, 4) is 0 Å². The Morgan fingerprint density at radius 1 is 1.31 bits per heavy atom. The smallest absolute Gasteiger partial charge is 0.326 e.